The molecular formula is C7H5ClFNO4S. The molecule has 0 saturated carbocycles. The highest BCUT2D eigenvalue weighted by Crippen LogP contribution is 2.24. The molecule has 1 rings (SSSR count). The van der Waals surface area contributed by atoms with Crippen LogP contribution in [-0.4, -0.2) is 19.5 Å². The third-order valence-electron chi connectivity index (χ3n) is 1.58. The fourth-order valence-electron chi connectivity index (χ4n) is 0.949. The summed E-state index contributed by atoms with van der Waals surface area (Å²) in [5.41, 5.74) is -0.914. The highest BCUT2D eigenvalue weighted by atomic mass is 35.5. The molecule has 0 aliphatic rings. The van der Waals surface area contributed by atoms with Crippen LogP contribution in [0, 0.1) is 5.82 Å². The lowest BCUT2D eigenvalue weighted by molar-refractivity contribution is 0.0691. The van der Waals surface area contributed by atoms with Crippen LogP contribution < -0.4 is 5.14 Å². The van der Waals surface area contributed by atoms with Crippen LogP contribution in [0.2, 0.25) is 5.02 Å². The average molecular weight is 254 g/mol. The van der Waals surface area contributed by atoms with E-state index in [0.29, 0.717) is 0 Å². The van der Waals surface area contributed by atoms with E-state index in [1.165, 1.54) is 0 Å². The second-order valence-electron chi connectivity index (χ2n) is 2.58. The summed E-state index contributed by atoms with van der Waals surface area (Å²) in [6.45, 7) is 0. The van der Waals surface area contributed by atoms with Crippen molar-refractivity contribution in [1.82, 2.24) is 0 Å². The normalized spacial score (nSPS) is 11.4. The van der Waals surface area contributed by atoms with Crippen molar-refractivity contribution in [2.75, 3.05) is 0 Å². The molecule has 15 heavy (non-hydrogen) atoms. The molecule has 0 spiro atoms. The Balaban J connectivity index is 3.64. The molecule has 0 aliphatic heterocycles. The summed E-state index contributed by atoms with van der Waals surface area (Å²) in [5.74, 6) is -3.12. The Morgan fingerprint density at radius 3 is 2.40 bits per heavy atom. The number of carbonyl (C=O) groups is 1. The van der Waals surface area contributed by atoms with Crippen LogP contribution in [0.15, 0.2) is 17.0 Å². The first-order valence-corrected chi connectivity index (χ1v) is 5.41. The Morgan fingerprint density at radius 1 is 1.47 bits per heavy atom. The second kappa shape index (κ2) is 3.76. The number of sulfonamides is 1. The van der Waals surface area contributed by atoms with Gasteiger partial charge in [-0.25, -0.2) is 22.7 Å². The minimum absolute atomic E-state index is 0.396. The van der Waals surface area contributed by atoms with Crippen molar-refractivity contribution >= 4 is 27.6 Å². The first-order valence-electron chi connectivity index (χ1n) is 3.49. The first-order chi connectivity index (χ1) is 6.75. The molecule has 0 aliphatic carbocycles. The van der Waals surface area contributed by atoms with Gasteiger partial charge in [-0.1, -0.05) is 11.6 Å². The zero-order valence-corrected chi connectivity index (χ0v) is 8.64. The van der Waals surface area contributed by atoms with Gasteiger partial charge in [0.25, 0.3) is 0 Å². The molecule has 0 unspecified atom stereocenters. The van der Waals surface area contributed by atoms with Crippen molar-refractivity contribution in [3.05, 3.63) is 28.5 Å². The van der Waals surface area contributed by atoms with Crippen LogP contribution in [0.5, 0.6) is 0 Å². The molecule has 3 N–H and O–H groups in total. The lowest BCUT2D eigenvalue weighted by Gasteiger charge is -2.04. The highest BCUT2D eigenvalue weighted by molar-refractivity contribution is 7.89. The van der Waals surface area contributed by atoms with E-state index in [1.807, 2.05) is 0 Å². The van der Waals surface area contributed by atoms with Crippen molar-refractivity contribution in [3.63, 3.8) is 0 Å². The molecule has 0 heterocycles. The van der Waals surface area contributed by atoms with Crippen molar-refractivity contribution in [2.24, 2.45) is 5.14 Å². The zero-order chi connectivity index (χ0) is 11.8. The Bertz CT molecular complexity index is 528. The number of halogens is 2. The van der Waals surface area contributed by atoms with Gasteiger partial charge in [0, 0.05) is 0 Å². The molecule has 0 atom stereocenters. The van der Waals surface area contributed by atoms with Crippen molar-refractivity contribution in [3.8, 4) is 0 Å². The molecule has 0 aromatic heterocycles. The molecule has 82 valence electrons. The van der Waals surface area contributed by atoms with Crippen LogP contribution in [0.3, 0.4) is 0 Å². The number of hydrogen-bond acceptors (Lipinski definition) is 3. The van der Waals surface area contributed by atoms with E-state index in [2.05, 4.69) is 5.14 Å². The molecule has 0 amide bonds. The minimum atomic E-state index is -4.30. The van der Waals surface area contributed by atoms with Gasteiger partial charge in [-0.3, -0.25) is 0 Å². The van der Waals surface area contributed by atoms with E-state index in [0.717, 1.165) is 12.1 Å². The quantitative estimate of drug-likeness (QED) is 0.815. The summed E-state index contributed by atoms with van der Waals surface area (Å²) in [4.78, 5) is 9.66. The molecule has 0 saturated heterocycles. The minimum Gasteiger partial charge on any atom is -0.478 e. The fraction of sp³-hybridized carbons (Fsp3) is 0. The maximum absolute atomic E-state index is 13.4. The van der Waals surface area contributed by atoms with E-state index in [9.17, 15) is 17.6 Å². The van der Waals surface area contributed by atoms with Crippen LogP contribution in [0.1, 0.15) is 10.4 Å². The summed E-state index contributed by atoms with van der Waals surface area (Å²) < 4.78 is 35.0. The monoisotopic (exact) mass is 253 g/mol. The lowest BCUT2D eigenvalue weighted by atomic mass is 10.2. The summed E-state index contributed by atoms with van der Waals surface area (Å²) in [7, 11) is -4.30. The molecule has 0 fully saturated rings. The number of benzene rings is 1. The molecule has 0 bridgehead atoms. The molecule has 1 aromatic carbocycles. The number of nitrogens with two attached hydrogens (primary N) is 1. The molecular weight excluding hydrogens is 249 g/mol. The largest absolute Gasteiger partial charge is 0.478 e. The SMILES string of the molecule is NS(=O)(=O)c1ccc(Cl)c(C(=O)O)c1F. The Labute approximate surface area is 89.3 Å². The van der Waals surface area contributed by atoms with Crippen LogP contribution in [0.25, 0.3) is 0 Å². The highest BCUT2D eigenvalue weighted by Gasteiger charge is 2.23. The third kappa shape index (κ3) is 2.25. The number of rotatable bonds is 2. The predicted molar refractivity (Wildman–Crippen MR) is 49.7 cm³/mol. The first kappa shape index (κ1) is 11.9. The smallest absolute Gasteiger partial charge is 0.340 e. The predicted octanol–water partition coefficient (Wildman–Crippen LogP) is 0.825. The van der Waals surface area contributed by atoms with Crippen LogP contribution in [-0.2, 0) is 10.0 Å². The van der Waals surface area contributed by atoms with Gasteiger partial charge in [0.05, 0.1) is 5.02 Å². The number of hydrogen-bond donors (Lipinski definition) is 2. The Kier molecular flexibility index (Phi) is 2.98. The third-order valence-corrected chi connectivity index (χ3v) is 2.82. The zero-order valence-electron chi connectivity index (χ0n) is 7.07. The number of carboxylic acids is 1. The van der Waals surface area contributed by atoms with E-state index < -0.39 is 37.3 Å². The standard InChI is InChI=1S/C7H5ClFNO4S/c8-3-1-2-4(15(10,13)14)6(9)5(3)7(11)12/h1-2H,(H,11,12)(H2,10,13,14). The van der Waals surface area contributed by atoms with Crippen molar-refractivity contribution < 1.29 is 22.7 Å². The van der Waals surface area contributed by atoms with E-state index in [1.54, 1.807) is 0 Å². The van der Waals surface area contributed by atoms with Gasteiger partial charge in [0.2, 0.25) is 10.0 Å². The lowest BCUT2D eigenvalue weighted by Crippen LogP contribution is -2.16. The maximum atomic E-state index is 13.4. The number of carboxylic acid groups (broad SMARTS) is 1. The van der Waals surface area contributed by atoms with Gasteiger partial charge in [-0.05, 0) is 12.1 Å². The summed E-state index contributed by atoms with van der Waals surface area (Å²) in [6, 6.07) is 1.76. The summed E-state index contributed by atoms with van der Waals surface area (Å²) in [5, 5.41) is 12.9. The number of aromatic carboxylic acids is 1. The summed E-state index contributed by atoms with van der Waals surface area (Å²) >= 11 is 5.39. The van der Waals surface area contributed by atoms with Gasteiger partial charge in [-0.15, -0.1) is 0 Å². The molecule has 8 heteroatoms. The number of primary sulfonamides is 1. The van der Waals surface area contributed by atoms with Crippen molar-refractivity contribution in [2.45, 2.75) is 4.90 Å². The molecule has 1 aromatic rings. The van der Waals surface area contributed by atoms with Gasteiger partial charge >= 0.3 is 5.97 Å². The fourth-order valence-corrected chi connectivity index (χ4v) is 1.79. The van der Waals surface area contributed by atoms with Gasteiger partial charge < -0.3 is 5.11 Å². The van der Waals surface area contributed by atoms with E-state index in [4.69, 9.17) is 16.7 Å². The van der Waals surface area contributed by atoms with Gasteiger partial charge in [0.15, 0.2) is 5.82 Å². The topological polar surface area (TPSA) is 97.5 Å². The average Bonchev–Trinajstić information content (AvgIpc) is 2.00. The van der Waals surface area contributed by atoms with E-state index >= 15 is 0 Å². The second-order valence-corrected chi connectivity index (χ2v) is 4.52. The molecule has 0 radical (unpaired) electrons. The Morgan fingerprint density at radius 2 is 2.00 bits per heavy atom. The van der Waals surface area contributed by atoms with Gasteiger partial charge in [-0.2, -0.15) is 0 Å². The van der Waals surface area contributed by atoms with Crippen molar-refractivity contribution in [1.29, 1.82) is 0 Å². The van der Waals surface area contributed by atoms with E-state index in [-0.39, 0.29) is 0 Å². The van der Waals surface area contributed by atoms with Crippen LogP contribution >= 0.6 is 11.6 Å². The summed E-state index contributed by atoms with van der Waals surface area (Å²) in [6.07, 6.45) is 0. The molecule has 5 nitrogen and oxygen atoms in total. The van der Waals surface area contributed by atoms with Gasteiger partial charge in [0.1, 0.15) is 10.5 Å². The Hall–Kier alpha value is -1.18. The van der Waals surface area contributed by atoms with Crippen LogP contribution in [0.4, 0.5) is 4.39 Å². The maximum Gasteiger partial charge on any atom is 0.340 e.